The van der Waals surface area contributed by atoms with Crippen molar-refractivity contribution in [3.63, 3.8) is 0 Å². The average Bonchev–Trinajstić information content (AvgIpc) is 3.40. The molecule has 0 amide bonds. The third-order valence-corrected chi connectivity index (χ3v) is 13.1. The number of thiophene rings is 1. The summed E-state index contributed by atoms with van der Waals surface area (Å²) in [6, 6.07) is 11.6. The molecular formula is C37H64O3SSi2. The maximum Gasteiger partial charge on any atom is 0.168 e. The number of hydrogen-bond acceptors (Lipinski definition) is 4. The lowest BCUT2D eigenvalue weighted by Gasteiger charge is -2.38. The third kappa shape index (κ3) is 12.4. The molecule has 2 aromatic rings. The summed E-state index contributed by atoms with van der Waals surface area (Å²) in [6.07, 6.45) is 8.79. The highest BCUT2D eigenvalue weighted by atomic mass is 32.1. The third-order valence-electron chi connectivity index (χ3n) is 8.45. The molecule has 6 heteroatoms. The topological polar surface area (TPSA) is 38.7 Å². The fraction of sp³-hybridized carbons (Fsp3) is 0.676. The van der Waals surface area contributed by atoms with E-state index in [1.54, 1.807) is 0 Å². The smallest absolute Gasteiger partial charge is 0.168 e. The van der Waals surface area contributed by atoms with E-state index in [9.17, 15) is 5.11 Å². The zero-order valence-corrected chi connectivity index (χ0v) is 33.6. The highest BCUT2D eigenvalue weighted by Crippen LogP contribution is 2.39. The second-order valence-corrected chi connectivity index (χ2v) is 22.5. The van der Waals surface area contributed by atoms with Gasteiger partial charge < -0.3 is 14.0 Å². The van der Waals surface area contributed by atoms with Gasteiger partial charge in [-0.25, -0.2) is 0 Å². The van der Waals surface area contributed by atoms with E-state index in [1.807, 2.05) is 11.3 Å². The SMILES string of the molecule is CCC(=CCCC(O)(CC)CC)c1ccc(CCc2ccc(C(C)(C)O[SiH2]C(C)(C)C)c(C(C)(C)O[SiH2]C(C)(C)C)c2)s1. The Morgan fingerprint density at radius 2 is 1.33 bits per heavy atom. The van der Waals surface area contributed by atoms with Crippen LogP contribution in [0.2, 0.25) is 10.1 Å². The Labute approximate surface area is 274 Å². The van der Waals surface area contributed by atoms with Crippen LogP contribution >= 0.6 is 11.3 Å². The molecule has 244 valence electrons. The van der Waals surface area contributed by atoms with Crippen molar-refractivity contribution in [3.8, 4) is 0 Å². The predicted molar refractivity (Wildman–Crippen MR) is 196 cm³/mol. The van der Waals surface area contributed by atoms with E-state index in [0.29, 0.717) is 0 Å². The average molecular weight is 645 g/mol. The molecule has 0 fully saturated rings. The summed E-state index contributed by atoms with van der Waals surface area (Å²) in [4.78, 5) is 2.79. The van der Waals surface area contributed by atoms with Crippen LogP contribution in [0.3, 0.4) is 0 Å². The van der Waals surface area contributed by atoms with Gasteiger partial charge in [-0.3, -0.25) is 0 Å². The van der Waals surface area contributed by atoms with Gasteiger partial charge in [0, 0.05) is 9.75 Å². The molecule has 0 unspecified atom stereocenters. The van der Waals surface area contributed by atoms with E-state index in [2.05, 4.69) is 126 Å². The molecule has 3 nitrogen and oxygen atoms in total. The summed E-state index contributed by atoms with van der Waals surface area (Å²) < 4.78 is 13.5. The summed E-state index contributed by atoms with van der Waals surface area (Å²) in [5, 5.41) is 11.2. The maximum absolute atomic E-state index is 10.7. The van der Waals surface area contributed by atoms with Crippen molar-refractivity contribution in [1.82, 2.24) is 0 Å². The standard InChI is InChI=1S/C37H64O3SSi2/c1-14-28(18-17-25-37(38,15-2)16-3)32-24-22-29(41-32)21-19-27-20-23-30(35(10,11)39-42-33(4,5)6)31(26-27)36(12,13)40-43-34(7,8)9/h18,20,22-24,26,38H,14-17,19,21,25,42-43H2,1-13H3. The zero-order valence-electron chi connectivity index (χ0n) is 30.0. The number of aryl methyl sites for hydroxylation is 2. The quantitative estimate of drug-likeness (QED) is 0.185. The van der Waals surface area contributed by atoms with E-state index in [0.717, 1.165) is 44.9 Å². The minimum Gasteiger partial charge on any atom is -0.415 e. The molecule has 0 saturated carbocycles. The molecule has 1 aromatic carbocycles. The molecule has 0 aliphatic carbocycles. The van der Waals surface area contributed by atoms with Gasteiger partial charge in [-0.15, -0.1) is 11.3 Å². The molecule has 0 spiro atoms. The molecular weight excluding hydrogens is 581 g/mol. The van der Waals surface area contributed by atoms with Crippen molar-refractivity contribution in [2.75, 3.05) is 0 Å². The number of allylic oxidation sites excluding steroid dienone is 2. The number of rotatable bonds is 16. The fourth-order valence-electron chi connectivity index (χ4n) is 5.21. The molecule has 2 rings (SSSR count). The van der Waals surface area contributed by atoms with Crippen LogP contribution in [-0.2, 0) is 32.9 Å². The number of aliphatic hydroxyl groups is 1. The Kier molecular flexibility index (Phi) is 13.8. The molecule has 1 aromatic heterocycles. The molecule has 1 N–H and O–H groups in total. The van der Waals surface area contributed by atoms with Crippen LogP contribution in [0.1, 0.15) is 149 Å². The van der Waals surface area contributed by atoms with Crippen molar-refractivity contribution in [2.45, 2.75) is 162 Å². The Morgan fingerprint density at radius 3 is 1.84 bits per heavy atom. The molecule has 43 heavy (non-hydrogen) atoms. The van der Waals surface area contributed by atoms with Crippen LogP contribution in [0.5, 0.6) is 0 Å². The highest BCUT2D eigenvalue weighted by molar-refractivity contribution is 7.13. The first-order valence-electron chi connectivity index (χ1n) is 16.7. The van der Waals surface area contributed by atoms with Crippen LogP contribution in [0.15, 0.2) is 36.4 Å². The van der Waals surface area contributed by atoms with Crippen molar-refractivity contribution in [2.24, 2.45) is 0 Å². The van der Waals surface area contributed by atoms with Crippen molar-refractivity contribution in [3.05, 3.63) is 62.9 Å². The van der Waals surface area contributed by atoms with Gasteiger partial charge in [0.1, 0.15) is 0 Å². The molecule has 0 aliphatic heterocycles. The Morgan fingerprint density at radius 1 is 0.767 bits per heavy atom. The summed E-state index contributed by atoms with van der Waals surface area (Å²) in [7, 11) is -1.45. The highest BCUT2D eigenvalue weighted by Gasteiger charge is 2.34. The van der Waals surface area contributed by atoms with Crippen molar-refractivity contribution < 1.29 is 14.0 Å². The second-order valence-electron chi connectivity index (χ2n) is 15.9. The van der Waals surface area contributed by atoms with Gasteiger partial charge in [-0.2, -0.15) is 0 Å². The Balaban J connectivity index is 2.28. The lowest BCUT2D eigenvalue weighted by molar-refractivity contribution is 0.0246. The van der Waals surface area contributed by atoms with Gasteiger partial charge in [0.05, 0.1) is 16.8 Å². The van der Waals surface area contributed by atoms with Crippen LogP contribution in [-0.4, -0.2) is 30.2 Å². The lowest BCUT2D eigenvalue weighted by atomic mass is 9.84. The fourth-order valence-corrected chi connectivity index (χ4v) is 8.23. The normalized spacial score (nSPS) is 14.6. The van der Waals surface area contributed by atoms with Gasteiger partial charge in [0.25, 0.3) is 0 Å². The maximum atomic E-state index is 10.7. The predicted octanol–water partition coefficient (Wildman–Crippen LogP) is 9.77. The van der Waals surface area contributed by atoms with Crippen LogP contribution in [0, 0.1) is 0 Å². The van der Waals surface area contributed by atoms with Gasteiger partial charge in [0.2, 0.25) is 0 Å². The first-order chi connectivity index (χ1) is 19.7. The first-order valence-corrected chi connectivity index (χ1v) is 20.0. The van der Waals surface area contributed by atoms with Gasteiger partial charge in [-0.1, -0.05) is 86.6 Å². The van der Waals surface area contributed by atoms with Crippen molar-refractivity contribution >= 4 is 36.4 Å². The molecule has 0 radical (unpaired) electrons. The summed E-state index contributed by atoms with van der Waals surface area (Å²) >= 11 is 1.93. The van der Waals surface area contributed by atoms with Crippen LogP contribution < -0.4 is 0 Å². The molecule has 0 atom stereocenters. The molecule has 0 saturated heterocycles. The molecule has 1 heterocycles. The van der Waals surface area contributed by atoms with Gasteiger partial charge in [-0.05, 0) is 117 Å². The molecule has 0 bridgehead atoms. The Hall–Kier alpha value is -1.03. The van der Waals surface area contributed by atoms with E-state index < -0.39 is 25.1 Å². The van der Waals surface area contributed by atoms with E-state index in [4.69, 9.17) is 8.85 Å². The minimum atomic E-state index is -0.732. The largest absolute Gasteiger partial charge is 0.415 e. The minimum absolute atomic E-state index is 0.232. The van der Waals surface area contributed by atoms with E-state index in [-0.39, 0.29) is 21.3 Å². The second kappa shape index (κ2) is 15.5. The summed E-state index contributed by atoms with van der Waals surface area (Å²) in [5.41, 5.74) is 4.04. The zero-order chi connectivity index (χ0) is 32.7. The van der Waals surface area contributed by atoms with Gasteiger partial charge in [0.15, 0.2) is 19.5 Å². The summed E-state index contributed by atoms with van der Waals surface area (Å²) in [5.74, 6) is 0. The van der Waals surface area contributed by atoms with Crippen LogP contribution in [0.4, 0.5) is 0 Å². The molecule has 0 aliphatic rings. The first kappa shape index (κ1) is 38.2. The lowest BCUT2D eigenvalue weighted by Crippen LogP contribution is -2.34. The summed E-state index contributed by atoms with van der Waals surface area (Å²) in [6.45, 7) is 29.1. The monoisotopic (exact) mass is 644 g/mol. The number of benzene rings is 1. The number of hydrogen-bond donors (Lipinski definition) is 1. The van der Waals surface area contributed by atoms with Crippen molar-refractivity contribution in [1.29, 1.82) is 0 Å². The van der Waals surface area contributed by atoms with E-state index >= 15 is 0 Å². The van der Waals surface area contributed by atoms with E-state index in [1.165, 1.54) is 32.0 Å². The van der Waals surface area contributed by atoms with Gasteiger partial charge >= 0.3 is 0 Å². The Bertz CT molecular complexity index is 1180. The van der Waals surface area contributed by atoms with Crippen LogP contribution in [0.25, 0.3) is 5.57 Å².